The minimum atomic E-state index is 1.08. The number of unbranched alkanes of at least 4 members (excludes halogenated alkanes) is 16. The summed E-state index contributed by atoms with van der Waals surface area (Å²) < 4.78 is 0. The van der Waals surface area contributed by atoms with Gasteiger partial charge in [-0.25, -0.2) is 0 Å². The van der Waals surface area contributed by atoms with Gasteiger partial charge in [0.05, 0.1) is 0 Å². The summed E-state index contributed by atoms with van der Waals surface area (Å²) in [5.74, 6) is 0. The largest absolute Gasteiger partial charge is 0.103 e. The van der Waals surface area contributed by atoms with Gasteiger partial charge in [0, 0.05) is 0 Å². The van der Waals surface area contributed by atoms with Gasteiger partial charge >= 0.3 is 0 Å². The van der Waals surface area contributed by atoms with Crippen molar-refractivity contribution < 1.29 is 0 Å². The average molecular weight is 505 g/mol. The second-order valence-corrected chi connectivity index (χ2v) is 9.25. The fourth-order valence-corrected chi connectivity index (χ4v) is 2.86. The molecule has 36 heavy (non-hydrogen) atoms. The van der Waals surface area contributed by atoms with E-state index in [0.29, 0.717) is 0 Å². The lowest BCUT2D eigenvalue weighted by Crippen LogP contribution is -1.71. The average Bonchev–Trinajstić information content (AvgIpc) is 2.91. The number of rotatable bonds is 21. The fraction of sp³-hybridized carbons (Fsp3) is 0.722. The van der Waals surface area contributed by atoms with Crippen LogP contribution in [-0.2, 0) is 0 Å². The highest BCUT2D eigenvalue weighted by Crippen LogP contribution is 2.03. The van der Waals surface area contributed by atoms with Crippen molar-refractivity contribution in [2.45, 2.75) is 169 Å². The van der Waals surface area contributed by atoms with Gasteiger partial charge < -0.3 is 0 Å². The van der Waals surface area contributed by atoms with Crippen LogP contribution >= 0.6 is 0 Å². The maximum atomic E-state index is 3.66. The quantitative estimate of drug-likeness (QED) is 0.108. The summed E-state index contributed by atoms with van der Waals surface area (Å²) in [6.45, 7) is 29.1. The van der Waals surface area contributed by atoms with Crippen LogP contribution in [0.25, 0.3) is 0 Å². The van der Waals surface area contributed by atoms with Crippen LogP contribution in [0.4, 0.5) is 0 Å². The lowest BCUT2D eigenvalue weighted by Gasteiger charge is -1.91. The Hall–Kier alpha value is -1.30. The molecule has 0 saturated carbocycles. The van der Waals surface area contributed by atoms with Gasteiger partial charge in [-0.1, -0.05) is 142 Å². The van der Waals surface area contributed by atoms with Crippen LogP contribution in [0.3, 0.4) is 0 Å². The van der Waals surface area contributed by atoms with Crippen molar-refractivity contribution in [3.05, 3.63) is 63.3 Å². The molecule has 0 heteroatoms. The second kappa shape index (κ2) is 59.1. The van der Waals surface area contributed by atoms with Crippen molar-refractivity contribution in [1.82, 2.24) is 0 Å². The molecule has 0 bridgehead atoms. The molecule has 0 aliphatic rings. The van der Waals surface area contributed by atoms with Crippen LogP contribution in [0.5, 0.6) is 0 Å². The van der Waals surface area contributed by atoms with Crippen molar-refractivity contribution >= 4 is 0 Å². The van der Waals surface area contributed by atoms with Crippen LogP contribution in [-0.4, -0.2) is 0 Å². The summed E-state index contributed by atoms with van der Waals surface area (Å²) in [6, 6.07) is 0. The predicted octanol–water partition coefficient (Wildman–Crippen LogP) is 14.2. The number of hydrogen-bond acceptors (Lipinski definition) is 0. The van der Waals surface area contributed by atoms with Crippen molar-refractivity contribution in [3.8, 4) is 0 Å². The third-order valence-electron chi connectivity index (χ3n) is 5.34. The minimum absolute atomic E-state index is 1.08. The standard InChI is InChI=1S/4C8H16.C4H8/c4*1-3-5-7-8-6-4-2;1-3-4-2/h4*3H,1,4-8H2,2H3;3H,1,4H2,2H3. The summed E-state index contributed by atoms with van der Waals surface area (Å²) in [4.78, 5) is 0. The first-order chi connectivity index (χ1) is 17.6. The molecular formula is C36H72. The Morgan fingerprint density at radius 1 is 0.306 bits per heavy atom. The van der Waals surface area contributed by atoms with Gasteiger partial charge in [0.25, 0.3) is 0 Å². The molecule has 0 heterocycles. The molecule has 216 valence electrons. The summed E-state index contributed by atoms with van der Waals surface area (Å²) >= 11 is 0. The maximum absolute atomic E-state index is 3.66. The van der Waals surface area contributed by atoms with E-state index in [-0.39, 0.29) is 0 Å². The monoisotopic (exact) mass is 505 g/mol. The Bertz CT molecular complexity index is 298. The fourth-order valence-electron chi connectivity index (χ4n) is 2.86. The predicted molar refractivity (Wildman–Crippen MR) is 176 cm³/mol. The van der Waals surface area contributed by atoms with Crippen LogP contribution in [0, 0.1) is 0 Å². The van der Waals surface area contributed by atoms with E-state index >= 15 is 0 Å². The number of allylic oxidation sites excluding steroid dienone is 5. The zero-order valence-electron chi connectivity index (χ0n) is 26.3. The smallest absolute Gasteiger partial charge is 0.0353 e. The first-order valence-corrected chi connectivity index (χ1v) is 15.6. The molecule has 0 saturated heterocycles. The van der Waals surface area contributed by atoms with Crippen molar-refractivity contribution in [2.75, 3.05) is 0 Å². The van der Waals surface area contributed by atoms with E-state index in [1.165, 1.54) is 128 Å². The molecule has 0 fully saturated rings. The molecule has 0 spiro atoms. The molecule has 0 amide bonds. The lowest BCUT2D eigenvalue weighted by molar-refractivity contribution is 0.675. The Labute approximate surface area is 232 Å². The van der Waals surface area contributed by atoms with Gasteiger partial charge in [0.2, 0.25) is 0 Å². The van der Waals surface area contributed by atoms with Crippen LogP contribution in [0.1, 0.15) is 169 Å². The molecule has 0 aromatic heterocycles. The molecule has 0 aromatic carbocycles. The molecule has 0 radical (unpaired) electrons. The van der Waals surface area contributed by atoms with E-state index < -0.39 is 0 Å². The zero-order chi connectivity index (χ0) is 28.4. The Morgan fingerprint density at radius 3 is 0.611 bits per heavy atom. The highest BCUT2D eigenvalue weighted by Gasteiger charge is 1.83. The van der Waals surface area contributed by atoms with Gasteiger partial charge in [0.15, 0.2) is 0 Å². The summed E-state index contributed by atoms with van der Waals surface area (Å²) in [5, 5.41) is 0. The molecular weight excluding hydrogens is 432 g/mol. The second-order valence-electron chi connectivity index (χ2n) is 9.25. The molecule has 0 unspecified atom stereocenters. The molecule has 0 N–H and O–H groups in total. The van der Waals surface area contributed by atoms with Crippen LogP contribution < -0.4 is 0 Å². The van der Waals surface area contributed by atoms with Gasteiger partial charge in [-0.3, -0.25) is 0 Å². The van der Waals surface area contributed by atoms with E-state index in [4.69, 9.17) is 0 Å². The van der Waals surface area contributed by atoms with Gasteiger partial charge in [-0.2, -0.15) is 0 Å². The number of hydrogen-bond donors (Lipinski definition) is 0. The third-order valence-corrected chi connectivity index (χ3v) is 5.34. The molecule has 0 aliphatic carbocycles. The third kappa shape index (κ3) is 84.7. The van der Waals surface area contributed by atoms with E-state index in [0.717, 1.165) is 6.42 Å². The minimum Gasteiger partial charge on any atom is -0.103 e. The molecule has 0 rings (SSSR count). The van der Waals surface area contributed by atoms with Gasteiger partial charge in [-0.15, -0.1) is 32.9 Å². The van der Waals surface area contributed by atoms with Crippen molar-refractivity contribution in [2.24, 2.45) is 0 Å². The Kier molecular flexibility index (Phi) is 73.3. The molecule has 0 aromatic rings. The van der Waals surface area contributed by atoms with E-state index in [1.807, 2.05) is 30.4 Å². The first-order valence-electron chi connectivity index (χ1n) is 15.6. The Balaban J connectivity index is -0.000000113. The van der Waals surface area contributed by atoms with Gasteiger partial charge in [-0.05, 0) is 57.8 Å². The topological polar surface area (TPSA) is 0 Å². The summed E-state index contributed by atoms with van der Waals surface area (Å²) in [6.07, 6.45) is 37.4. The van der Waals surface area contributed by atoms with E-state index in [1.54, 1.807) is 0 Å². The van der Waals surface area contributed by atoms with Crippen molar-refractivity contribution in [3.63, 3.8) is 0 Å². The highest BCUT2D eigenvalue weighted by atomic mass is 13.9. The molecule has 0 nitrogen and oxygen atoms in total. The summed E-state index contributed by atoms with van der Waals surface area (Å²) in [5.41, 5.74) is 0. The van der Waals surface area contributed by atoms with Crippen LogP contribution in [0.15, 0.2) is 63.3 Å². The van der Waals surface area contributed by atoms with E-state index in [2.05, 4.69) is 67.5 Å². The maximum Gasteiger partial charge on any atom is -0.0353 e. The van der Waals surface area contributed by atoms with E-state index in [9.17, 15) is 0 Å². The molecule has 0 aliphatic heterocycles. The SMILES string of the molecule is C=CCC.C=CCCCCCC.C=CCCCCCC.C=CCCCCCC.C=CCCCCCC. The molecule has 0 atom stereocenters. The van der Waals surface area contributed by atoms with Crippen LogP contribution in [0.2, 0.25) is 0 Å². The lowest BCUT2D eigenvalue weighted by atomic mass is 10.2. The van der Waals surface area contributed by atoms with Gasteiger partial charge in [0.1, 0.15) is 0 Å². The Morgan fingerprint density at radius 2 is 0.500 bits per heavy atom. The zero-order valence-corrected chi connectivity index (χ0v) is 26.3. The highest BCUT2D eigenvalue weighted by molar-refractivity contribution is 4.66. The first kappa shape index (κ1) is 44.7. The van der Waals surface area contributed by atoms with Crippen molar-refractivity contribution in [1.29, 1.82) is 0 Å². The summed E-state index contributed by atoms with van der Waals surface area (Å²) in [7, 11) is 0. The normalized spacial score (nSPS) is 8.81.